The van der Waals surface area contributed by atoms with Gasteiger partial charge in [0.2, 0.25) is 0 Å². The van der Waals surface area contributed by atoms with Crippen LogP contribution in [0.4, 0.5) is 0 Å². The summed E-state index contributed by atoms with van der Waals surface area (Å²) in [7, 11) is -2.50. The molecule has 1 radical (unpaired) electrons. The van der Waals surface area contributed by atoms with Gasteiger partial charge in [0.05, 0.1) is 6.61 Å². The predicted octanol–water partition coefficient (Wildman–Crippen LogP) is 2.00. The van der Waals surface area contributed by atoms with Crippen molar-refractivity contribution in [3.63, 3.8) is 0 Å². The Morgan fingerprint density at radius 3 is 2.33 bits per heavy atom. The first-order valence-corrected chi connectivity index (χ1v) is 9.23. The third kappa shape index (κ3) is 6.61. The van der Waals surface area contributed by atoms with Gasteiger partial charge >= 0.3 is 8.56 Å². The lowest BCUT2D eigenvalue weighted by Gasteiger charge is -2.23. The zero-order valence-corrected chi connectivity index (χ0v) is 10.5. The second-order valence-electron chi connectivity index (χ2n) is 3.13. The Kier molecular flexibility index (Phi) is 5.50. The normalized spacial score (nSPS) is 11.2. The van der Waals surface area contributed by atoms with Gasteiger partial charge in [0, 0.05) is 0 Å². The van der Waals surface area contributed by atoms with Gasteiger partial charge in [0.1, 0.15) is 0 Å². The fourth-order valence-corrected chi connectivity index (χ4v) is 5.39. The van der Waals surface area contributed by atoms with Gasteiger partial charge in [-0.1, -0.05) is 5.92 Å². The van der Waals surface area contributed by atoms with Crippen molar-refractivity contribution in [2.75, 3.05) is 6.61 Å². The van der Waals surface area contributed by atoms with E-state index in [-0.39, 0.29) is 0 Å². The second-order valence-corrected chi connectivity index (χ2v) is 8.85. The Bertz CT molecular complexity index is 179. The van der Waals surface area contributed by atoms with Gasteiger partial charge in [-0.25, -0.2) is 0 Å². The molecule has 69 valence electrons. The predicted molar refractivity (Wildman–Crippen MR) is 55.5 cm³/mol. The lowest BCUT2D eigenvalue weighted by atomic mass is 10.6. The molecular formula is C8H17O2Si2. The van der Waals surface area contributed by atoms with Crippen molar-refractivity contribution in [3.8, 4) is 11.8 Å². The molecule has 0 rings (SSSR count). The topological polar surface area (TPSA) is 18.5 Å². The maximum atomic E-state index is 5.73. The fraction of sp³-hybridized carbons (Fsp3) is 0.750. The summed E-state index contributed by atoms with van der Waals surface area (Å²) in [4.78, 5) is 0. The Hall–Kier alpha value is -0.0862. The van der Waals surface area contributed by atoms with E-state index in [9.17, 15) is 0 Å². The van der Waals surface area contributed by atoms with Gasteiger partial charge < -0.3 is 8.54 Å². The maximum Gasteiger partial charge on any atom is 0.322 e. The van der Waals surface area contributed by atoms with Crippen LogP contribution in [-0.2, 0) is 8.54 Å². The lowest BCUT2D eigenvalue weighted by Crippen LogP contribution is -2.39. The monoisotopic (exact) mass is 201 g/mol. The van der Waals surface area contributed by atoms with E-state index >= 15 is 0 Å². The molecular weight excluding hydrogens is 184 g/mol. The van der Waals surface area contributed by atoms with Crippen LogP contribution in [0.2, 0.25) is 26.2 Å². The molecule has 0 aliphatic carbocycles. The van der Waals surface area contributed by atoms with Crippen LogP contribution in [0.15, 0.2) is 0 Å². The summed E-state index contributed by atoms with van der Waals surface area (Å²) in [6.45, 7) is 10.7. The van der Waals surface area contributed by atoms with Crippen molar-refractivity contribution in [1.82, 2.24) is 0 Å². The third-order valence-electron chi connectivity index (χ3n) is 1.12. The Morgan fingerprint density at radius 1 is 1.33 bits per heavy atom. The van der Waals surface area contributed by atoms with E-state index in [1.807, 2.05) is 6.92 Å². The first kappa shape index (κ1) is 11.9. The summed E-state index contributed by atoms with van der Waals surface area (Å²) in [6, 6.07) is 0. The summed E-state index contributed by atoms with van der Waals surface area (Å²) < 4.78 is 11.3. The van der Waals surface area contributed by atoms with E-state index in [0.717, 1.165) is 0 Å². The molecule has 0 aromatic heterocycles. The highest BCUT2D eigenvalue weighted by molar-refractivity contribution is 6.72. The molecule has 0 fully saturated rings. The minimum atomic E-state index is -1.86. The average molecular weight is 201 g/mol. The molecule has 4 heteroatoms. The minimum absolute atomic E-state index is 0.505. The molecule has 0 aliphatic rings. The third-order valence-corrected chi connectivity index (χ3v) is 5.56. The standard InChI is InChI=1S/C8H17O2Si2/c1-6-7-8-9-12(4,5)10-11(2)3/h8H2,1-5H3. The molecule has 0 saturated carbocycles. The van der Waals surface area contributed by atoms with Gasteiger partial charge in [-0.15, -0.1) is 5.92 Å². The van der Waals surface area contributed by atoms with E-state index in [2.05, 4.69) is 38.0 Å². The molecule has 12 heavy (non-hydrogen) atoms. The lowest BCUT2D eigenvalue weighted by molar-refractivity contribution is 0.286. The molecule has 0 amide bonds. The van der Waals surface area contributed by atoms with Crippen LogP contribution in [-0.4, -0.2) is 24.2 Å². The molecule has 0 saturated heterocycles. The smallest absolute Gasteiger partial charge is 0.322 e. The summed E-state index contributed by atoms with van der Waals surface area (Å²) in [6.07, 6.45) is 0. The minimum Gasteiger partial charge on any atom is -0.436 e. The molecule has 0 aliphatic heterocycles. The molecule has 0 aromatic carbocycles. The second kappa shape index (κ2) is 5.54. The van der Waals surface area contributed by atoms with Gasteiger partial charge in [-0.3, -0.25) is 0 Å². The molecule has 0 spiro atoms. The number of hydrogen-bond donors (Lipinski definition) is 0. The fourth-order valence-electron chi connectivity index (χ4n) is 0.803. The average Bonchev–Trinajstić information content (AvgIpc) is 1.84. The van der Waals surface area contributed by atoms with Crippen molar-refractivity contribution >= 4 is 17.6 Å². The number of hydrogen-bond acceptors (Lipinski definition) is 2. The van der Waals surface area contributed by atoms with E-state index in [4.69, 9.17) is 8.54 Å². The van der Waals surface area contributed by atoms with Crippen molar-refractivity contribution in [2.45, 2.75) is 33.1 Å². The molecule has 0 atom stereocenters. The van der Waals surface area contributed by atoms with Crippen molar-refractivity contribution in [2.24, 2.45) is 0 Å². The zero-order valence-electron chi connectivity index (χ0n) is 8.52. The van der Waals surface area contributed by atoms with Crippen molar-refractivity contribution < 1.29 is 8.54 Å². The summed E-state index contributed by atoms with van der Waals surface area (Å²) >= 11 is 0. The van der Waals surface area contributed by atoms with E-state index in [1.54, 1.807) is 0 Å². The van der Waals surface area contributed by atoms with Crippen molar-refractivity contribution in [3.05, 3.63) is 0 Å². The largest absolute Gasteiger partial charge is 0.436 e. The first-order chi connectivity index (χ1) is 5.48. The maximum absolute atomic E-state index is 5.73. The van der Waals surface area contributed by atoms with E-state index < -0.39 is 17.6 Å². The Labute approximate surface area is 78.2 Å². The van der Waals surface area contributed by atoms with E-state index in [0.29, 0.717) is 6.61 Å². The molecule has 0 heterocycles. The van der Waals surface area contributed by atoms with Crippen LogP contribution < -0.4 is 0 Å². The molecule has 2 nitrogen and oxygen atoms in total. The summed E-state index contributed by atoms with van der Waals surface area (Å²) in [5.41, 5.74) is 0. The van der Waals surface area contributed by atoms with Crippen LogP contribution in [0.25, 0.3) is 0 Å². The van der Waals surface area contributed by atoms with Crippen LogP contribution in [0.3, 0.4) is 0 Å². The molecule has 0 unspecified atom stereocenters. The van der Waals surface area contributed by atoms with Crippen LogP contribution in [0.1, 0.15) is 6.92 Å². The van der Waals surface area contributed by atoms with Gasteiger partial charge in [-0.2, -0.15) is 0 Å². The summed E-state index contributed by atoms with van der Waals surface area (Å²) in [5.74, 6) is 5.67. The van der Waals surface area contributed by atoms with Crippen molar-refractivity contribution in [1.29, 1.82) is 0 Å². The molecule has 0 bridgehead atoms. The molecule has 0 N–H and O–H groups in total. The summed E-state index contributed by atoms with van der Waals surface area (Å²) in [5, 5.41) is 0. The quantitative estimate of drug-likeness (QED) is 0.511. The zero-order chi connectivity index (χ0) is 9.61. The highest BCUT2D eigenvalue weighted by Crippen LogP contribution is 2.07. The van der Waals surface area contributed by atoms with Gasteiger partial charge in [0.25, 0.3) is 0 Å². The van der Waals surface area contributed by atoms with Gasteiger partial charge in [-0.05, 0) is 33.1 Å². The van der Waals surface area contributed by atoms with Crippen LogP contribution in [0.5, 0.6) is 0 Å². The molecule has 0 aromatic rings. The van der Waals surface area contributed by atoms with Crippen LogP contribution >= 0.6 is 0 Å². The first-order valence-electron chi connectivity index (χ1n) is 4.00. The van der Waals surface area contributed by atoms with E-state index in [1.165, 1.54) is 0 Å². The highest BCUT2D eigenvalue weighted by atomic mass is 28.4. The Balaban J connectivity index is 3.75. The SMILES string of the molecule is CC#CCO[Si](C)(C)O[Si](C)C. The van der Waals surface area contributed by atoms with Crippen LogP contribution in [0, 0.1) is 11.8 Å². The highest BCUT2D eigenvalue weighted by Gasteiger charge is 2.25. The number of rotatable bonds is 4. The van der Waals surface area contributed by atoms with Gasteiger partial charge in [0.15, 0.2) is 9.04 Å². The Morgan fingerprint density at radius 2 is 1.92 bits per heavy atom.